The molecule has 0 bridgehead atoms. The van der Waals surface area contributed by atoms with Crippen LogP contribution in [-0.4, -0.2) is 39.5 Å². The first kappa shape index (κ1) is 23.2. The molecule has 5 rings (SSSR count). The lowest BCUT2D eigenvalue weighted by Gasteiger charge is -2.38. The number of non-ortho nitro benzene ring substituents is 1. The minimum Gasteiger partial charge on any atom is -0.465 e. The number of imidazole rings is 1. The number of nitro groups is 1. The molecule has 1 aromatic heterocycles. The van der Waals surface area contributed by atoms with Gasteiger partial charge in [0, 0.05) is 18.7 Å². The predicted molar refractivity (Wildman–Crippen MR) is 134 cm³/mol. The van der Waals surface area contributed by atoms with Gasteiger partial charge in [0.15, 0.2) is 5.92 Å². The average Bonchev–Trinajstić information content (AvgIpc) is 3.27. The molecule has 0 fully saturated rings. The fourth-order valence-corrected chi connectivity index (χ4v) is 4.74. The van der Waals surface area contributed by atoms with Crippen molar-refractivity contribution in [3.8, 4) is 0 Å². The highest BCUT2D eigenvalue weighted by molar-refractivity contribution is 6.08. The van der Waals surface area contributed by atoms with Crippen LogP contribution in [0, 0.1) is 16.0 Å². The molecule has 1 amide bonds. The van der Waals surface area contributed by atoms with E-state index in [-0.39, 0.29) is 12.3 Å². The number of anilines is 1. The van der Waals surface area contributed by atoms with Gasteiger partial charge in [-0.3, -0.25) is 24.6 Å². The van der Waals surface area contributed by atoms with Gasteiger partial charge in [0.25, 0.3) is 5.69 Å². The summed E-state index contributed by atoms with van der Waals surface area (Å²) in [6, 6.07) is 22.4. The molecule has 1 aliphatic heterocycles. The van der Waals surface area contributed by atoms with Crippen LogP contribution in [0.25, 0.3) is 11.0 Å². The quantitative estimate of drug-likeness (QED) is 0.168. The summed E-state index contributed by atoms with van der Waals surface area (Å²) in [5.74, 6) is -1.79. The largest absolute Gasteiger partial charge is 0.465 e. The molecule has 9 nitrogen and oxygen atoms in total. The molecular formula is C27H24N4O5. The molecule has 0 spiro atoms. The Bertz CT molecular complexity index is 1430. The third-order valence-electron chi connectivity index (χ3n) is 6.40. The number of carbonyl (C=O) groups excluding carboxylic acids is 2. The molecule has 2 heterocycles. The average molecular weight is 485 g/mol. The molecule has 2 atom stereocenters. The number of amides is 1. The molecule has 3 aromatic carbocycles. The van der Waals surface area contributed by atoms with Crippen molar-refractivity contribution in [2.45, 2.75) is 19.4 Å². The van der Waals surface area contributed by atoms with Gasteiger partial charge in [-0.05, 0) is 36.6 Å². The van der Waals surface area contributed by atoms with E-state index in [1.807, 2.05) is 59.2 Å². The van der Waals surface area contributed by atoms with E-state index in [2.05, 4.69) is 0 Å². The topological polar surface area (TPSA) is 108 Å². The van der Waals surface area contributed by atoms with Crippen LogP contribution in [-0.2, 0) is 20.7 Å². The molecule has 182 valence electrons. The summed E-state index contributed by atoms with van der Waals surface area (Å²) in [6.07, 6.45) is 0.577. The van der Waals surface area contributed by atoms with Crippen molar-refractivity contribution < 1.29 is 19.2 Å². The first-order chi connectivity index (χ1) is 17.5. The molecule has 0 radical (unpaired) electrons. The second-order valence-corrected chi connectivity index (χ2v) is 8.52. The Labute approximate surface area is 207 Å². The van der Waals surface area contributed by atoms with E-state index in [1.54, 1.807) is 24.0 Å². The summed E-state index contributed by atoms with van der Waals surface area (Å²) in [5.41, 5.74) is 3.00. The molecule has 36 heavy (non-hydrogen) atoms. The summed E-state index contributed by atoms with van der Waals surface area (Å²) < 4.78 is 7.23. The van der Waals surface area contributed by atoms with Crippen molar-refractivity contribution in [2.24, 2.45) is 5.92 Å². The molecule has 0 unspecified atom stereocenters. The number of fused-ring (bicyclic) bond motifs is 3. The van der Waals surface area contributed by atoms with Crippen molar-refractivity contribution >= 4 is 34.5 Å². The number of ether oxygens (including phenoxy) is 1. The monoisotopic (exact) mass is 484 g/mol. The minimum absolute atomic E-state index is 0.0752. The number of aromatic nitrogens is 2. The van der Waals surface area contributed by atoms with Gasteiger partial charge < -0.3 is 9.30 Å². The zero-order chi connectivity index (χ0) is 25.2. The Morgan fingerprint density at radius 3 is 2.42 bits per heavy atom. The van der Waals surface area contributed by atoms with Gasteiger partial charge in [0.05, 0.1) is 28.6 Å². The van der Waals surface area contributed by atoms with Crippen LogP contribution in [0.2, 0.25) is 0 Å². The van der Waals surface area contributed by atoms with E-state index in [9.17, 15) is 19.7 Å². The first-order valence-electron chi connectivity index (χ1n) is 11.7. The van der Waals surface area contributed by atoms with Gasteiger partial charge in [-0.25, -0.2) is 4.98 Å². The van der Waals surface area contributed by atoms with E-state index in [0.717, 1.165) is 11.1 Å². The first-order valence-corrected chi connectivity index (χ1v) is 11.7. The fraction of sp³-hybridized carbons (Fsp3) is 0.222. The molecule has 0 saturated heterocycles. The minimum atomic E-state index is -1.17. The van der Waals surface area contributed by atoms with E-state index >= 15 is 0 Å². The van der Waals surface area contributed by atoms with E-state index in [4.69, 9.17) is 9.72 Å². The van der Waals surface area contributed by atoms with E-state index in [1.165, 1.54) is 12.1 Å². The zero-order valence-corrected chi connectivity index (χ0v) is 19.6. The van der Waals surface area contributed by atoms with Crippen LogP contribution >= 0.6 is 0 Å². The summed E-state index contributed by atoms with van der Waals surface area (Å²) in [6.45, 7) is 2.14. The van der Waals surface area contributed by atoms with Crippen LogP contribution in [0.3, 0.4) is 0 Å². The lowest BCUT2D eigenvalue weighted by atomic mass is 9.89. The number of nitrogens with zero attached hydrogens (tertiary/aromatic N) is 4. The fourth-order valence-electron chi connectivity index (χ4n) is 4.74. The maximum Gasteiger partial charge on any atom is 0.321 e. The summed E-state index contributed by atoms with van der Waals surface area (Å²) in [5, 5.41) is 11.2. The van der Waals surface area contributed by atoms with Crippen LogP contribution in [0.5, 0.6) is 0 Å². The van der Waals surface area contributed by atoms with Gasteiger partial charge in [-0.1, -0.05) is 54.6 Å². The third-order valence-corrected chi connectivity index (χ3v) is 6.40. The predicted octanol–water partition coefficient (Wildman–Crippen LogP) is 4.30. The number of hydrogen-bond acceptors (Lipinski definition) is 6. The number of para-hydroxylation sites is 2. The molecule has 0 aliphatic carbocycles. The Morgan fingerprint density at radius 1 is 1.03 bits per heavy atom. The normalized spacial score (nSPS) is 17.1. The van der Waals surface area contributed by atoms with E-state index in [0.29, 0.717) is 30.0 Å². The SMILES string of the molecule is CCOC(=O)[C@@H]1C(=O)N(CCc2ccccc2)c2nc3ccccc3n2[C@@H]1c1ccc([N+](=O)[O-])cc1. The van der Waals surface area contributed by atoms with Crippen LogP contribution < -0.4 is 4.90 Å². The van der Waals surface area contributed by atoms with Gasteiger partial charge in [-0.15, -0.1) is 0 Å². The van der Waals surface area contributed by atoms with Crippen LogP contribution in [0.1, 0.15) is 24.1 Å². The molecule has 4 aromatic rings. The summed E-state index contributed by atoms with van der Waals surface area (Å²) >= 11 is 0. The number of benzene rings is 3. The lowest BCUT2D eigenvalue weighted by molar-refractivity contribution is -0.384. The van der Waals surface area contributed by atoms with Crippen molar-refractivity contribution in [1.82, 2.24) is 9.55 Å². The molecule has 0 saturated carbocycles. The van der Waals surface area contributed by atoms with Crippen molar-refractivity contribution in [1.29, 1.82) is 0 Å². The van der Waals surface area contributed by atoms with Gasteiger partial charge in [0.1, 0.15) is 0 Å². The lowest BCUT2D eigenvalue weighted by Crippen LogP contribution is -2.50. The van der Waals surface area contributed by atoms with Crippen molar-refractivity contribution in [3.63, 3.8) is 0 Å². The number of carbonyl (C=O) groups is 2. The van der Waals surface area contributed by atoms with Crippen molar-refractivity contribution in [3.05, 3.63) is 100 Å². The highest BCUT2D eigenvalue weighted by atomic mass is 16.6. The van der Waals surface area contributed by atoms with Crippen LogP contribution in [0.15, 0.2) is 78.9 Å². The van der Waals surface area contributed by atoms with Gasteiger partial charge >= 0.3 is 5.97 Å². The van der Waals surface area contributed by atoms with Gasteiger partial charge in [0.2, 0.25) is 11.9 Å². The van der Waals surface area contributed by atoms with Crippen LogP contribution in [0.4, 0.5) is 11.6 Å². The number of rotatable bonds is 7. The molecule has 9 heteroatoms. The second-order valence-electron chi connectivity index (χ2n) is 8.52. The van der Waals surface area contributed by atoms with Crippen molar-refractivity contribution in [2.75, 3.05) is 18.1 Å². The number of hydrogen-bond donors (Lipinski definition) is 0. The second kappa shape index (κ2) is 9.61. The molecule has 0 N–H and O–H groups in total. The Morgan fingerprint density at radius 2 is 1.72 bits per heavy atom. The smallest absolute Gasteiger partial charge is 0.321 e. The maximum absolute atomic E-state index is 13.9. The molecular weight excluding hydrogens is 460 g/mol. The third kappa shape index (κ3) is 4.08. The maximum atomic E-state index is 13.9. The van der Waals surface area contributed by atoms with E-state index < -0.39 is 28.8 Å². The number of nitro benzene ring substituents is 1. The Kier molecular flexibility index (Phi) is 6.20. The highest BCUT2D eigenvalue weighted by Crippen LogP contribution is 2.41. The number of esters is 1. The summed E-state index contributed by atoms with van der Waals surface area (Å²) in [7, 11) is 0. The summed E-state index contributed by atoms with van der Waals surface area (Å²) in [4.78, 5) is 44.2. The molecule has 1 aliphatic rings. The Balaban J connectivity index is 1.67. The Hall–Kier alpha value is -4.53. The van der Waals surface area contributed by atoms with Gasteiger partial charge in [-0.2, -0.15) is 0 Å². The standard InChI is InChI=1S/C27H24N4O5/c1-2-36-26(33)23-24(19-12-14-20(15-13-19)31(34)35)30-22-11-7-6-10-21(22)28-27(30)29(25(23)32)17-16-18-8-4-3-5-9-18/h3-15,23-24H,2,16-17H2,1H3/t23-,24+/m0/s1. The highest BCUT2D eigenvalue weighted by Gasteiger charge is 2.47. The zero-order valence-electron chi connectivity index (χ0n) is 19.6.